The molecule has 1 heterocycles. The van der Waals surface area contributed by atoms with Crippen LogP contribution in [0.15, 0.2) is 84.9 Å². The van der Waals surface area contributed by atoms with Crippen molar-refractivity contribution in [1.82, 2.24) is 9.78 Å². The van der Waals surface area contributed by atoms with Crippen molar-refractivity contribution in [1.29, 1.82) is 0 Å². The largest absolute Gasteiger partial charge is 0.497 e. The molecule has 0 radical (unpaired) electrons. The van der Waals surface area contributed by atoms with E-state index in [1.54, 1.807) is 49.0 Å². The van der Waals surface area contributed by atoms with E-state index in [1.807, 2.05) is 43.3 Å². The van der Waals surface area contributed by atoms with Crippen molar-refractivity contribution >= 4 is 16.7 Å². The molecule has 5 rings (SSSR count). The molecule has 0 aliphatic carbocycles. The zero-order valence-electron chi connectivity index (χ0n) is 22.5. The van der Waals surface area contributed by atoms with E-state index in [1.165, 1.54) is 0 Å². The standard InChI is InChI=1S/C32H26F4N2O3/c1-4-41-31(39)21-7-5-20(6-8-21)19(2)38-30(24-10-9-23-16-26(40-3)13-11-22(23)15-24)18-29(37-38)27-17-25(32(34,35)36)12-14-28(27)33/h5-19H,4H2,1-3H3. The normalized spacial score (nSPS) is 12.4. The fourth-order valence-corrected chi connectivity index (χ4v) is 4.70. The summed E-state index contributed by atoms with van der Waals surface area (Å²) in [6.07, 6.45) is -4.64. The number of rotatable bonds is 7. The number of benzene rings is 4. The first-order chi connectivity index (χ1) is 19.6. The first kappa shape index (κ1) is 27.9. The Hall–Kier alpha value is -4.66. The molecule has 1 unspecified atom stereocenters. The Labute approximate surface area is 233 Å². The number of aromatic nitrogens is 2. The van der Waals surface area contributed by atoms with Crippen LogP contribution in [0, 0.1) is 5.82 Å². The van der Waals surface area contributed by atoms with Gasteiger partial charge in [-0.05, 0) is 84.8 Å². The highest BCUT2D eigenvalue weighted by Crippen LogP contribution is 2.37. The molecule has 0 fully saturated rings. The Bertz CT molecular complexity index is 1730. The lowest BCUT2D eigenvalue weighted by atomic mass is 10.0. The summed E-state index contributed by atoms with van der Waals surface area (Å²) in [4.78, 5) is 12.1. The van der Waals surface area contributed by atoms with E-state index >= 15 is 0 Å². The summed E-state index contributed by atoms with van der Waals surface area (Å²) >= 11 is 0. The minimum Gasteiger partial charge on any atom is -0.497 e. The molecule has 0 amide bonds. The van der Waals surface area contributed by atoms with Gasteiger partial charge in [0.05, 0.1) is 42.3 Å². The second kappa shape index (κ2) is 11.1. The molecule has 0 aliphatic rings. The zero-order valence-corrected chi connectivity index (χ0v) is 22.5. The minimum atomic E-state index is -4.64. The van der Waals surface area contributed by atoms with Gasteiger partial charge in [-0.3, -0.25) is 4.68 Å². The van der Waals surface area contributed by atoms with E-state index in [0.717, 1.165) is 34.0 Å². The monoisotopic (exact) mass is 562 g/mol. The summed E-state index contributed by atoms with van der Waals surface area (Å²) in [6.45, 7) is 3.84. The SMILES string of the molecule is CCOC(=O)c1ccc(C(C)n2nc(-c3cc(C(F)(F)F)ccc3F)cc2-c2ccc3cc(OC)ccc3c2)cc1. The molecule has 0 N–H and O–H groups in total. The number of carbonyl (C=O) groups excluding carboxylic acids is 1. The van der Waals surface area contributed by atoms with E-state index in [9.17, 15) is 22.4 Å². The number of halogens is 4. The van der Waals surface area contributed by atoms with Crippen molar-refractivity contribution in [2.45, 2.75) is 26.1 Å². The van der Waals surface area contributed by atoms with Crippen LogP contribution in [-0.4, -0.2) is 29.5 Å². The van der Waals surface area contributed by atoms with Gasteiger partial charge >= 0.3 is 12.1 Å². The van der Waals surface area contributed by atoms with Crippen LogP contribution < -0.4 is 4.74 Å². The predicted molar refractivity (Wildman–Crippen MR) is 148 cm³/mol. The number of nitrogens with zero attached hydrogens (tertiary/aromatic N) is 2. The summed E-state index contributed by atoms with van der Waals surface area (Å²) in [5.41, 5.74) is 1.33. The molecule has 0 aliphatic heterocycles. The van der Waals surface area contributed by atoms with Crippen molar-refractivity contribution in [3.8, 4) is 28.3 Å². The number of ether oxygens (including phenoxy) is 2. The lowest BCUT2D eigenvalue weighted by molar-refractivity contribution is -0.137. The van der Waals surface area contributed by atoms with Gasteiger partial charge in [-0.25, -0.2) is 9.18 Å². The van der Waals surface area contributed by atoms with Crippen LogP contribution in [0.3, 0.4) is 0 Å². The number of alkyl halides is 3. The molecule has 0 saturated carbocycles. The van der Waals surface area contributed by atoms with Crippen LogP contribution >= 0.6 is 0 Å². The highest BCUT2D eigenvalue weighted by Gasteiger charge is 2.32. The molecular weight excluding hydrogens is 536 g/mol. The van der Waals surface area contributed by atoms with E-state index in [2.05, 4.69) is 5.10 Å². The third-order valence-electron chi connectivity index (χ3n) is 6.92. The van der Waals surface area contributed by atoms with Gasteiger partial charge in [0, 0.05) is 11.1 Å². The fraction of sp³-hybridized carbons (Fsp3) is 0.188. The Kier molecular flexibility index (Phi) is 7.53. The maximum Gasteiger partial charge on any atom is 0.416 e. The summed E-state index contributed by atoms with van der Waals surface area (Å²) in [5.74, 6) is -0.551. The molecule has 4 aromatic carbocycles. The van der Waals surface area contributed by atoms with E-state index in [0.29, 0.717) is 23.1 Å². The molecule has 9 heteroatoms. The van der Waals surface area contributed by atoms with Crippen molar-refractivity contribution < 1.29 is 31.8 Å². The van der Waals surface area contributed by atoms with Gasteiger partial charge in [0.15, 0.2) is 0 Å². The minimum absolute atomic E-state index is 0.0634. The molecule has 1 atom stereocenters. The second-order valence-electron chi connectivity index (χ2n) is 9.50. The quantitative estimate of drug-likeness (QED) is 0.148. The molecule has 0 spiro atoms. The van der Waals surface area contributed by atoms with Gasteiger partial charge in [0.1, 0.15) is 11.6 Å². The fourth-order valence-electron chi connectivity index (χ4n) is 4.70. The number of fused-ring (bicyclic) bond motifs is 1. The van der Waals surface area contributed by atoms with Crippen molar-refractivity contribution in [3.63, 3.8) is 0 Å². The summed E-state index contributed by atoms with van der Waals surface area (Å²) in [7, 11) is 1.59. The Balaban J connectivity index is 1.64. The number of hydrogen-bond acceptors (Lipinski definition) is 4. The Morgan fingerprint density at radius 3 is 2.32 bits per heavy atom. The van der Waals surface area contributed by atoms with Gasteiger partial charge in [0.25, 0.3) is 0 Å². The average molecular weight is 563 g/mol. The zero-order chi connectivity index (χ0) is 29.3. The molecule has 5 nitrogen and oxygen atoms in total. The molecule has 210 valence electrons. The van der Waals surface area contributed by atoms with Crippen LogP contribution in [0.25, 0.3) is 33.3 Å². The van der Waals surface area contributed by atoms with Gasteiger partial charge in [0.2, 0.25) is 0 Å². The highest BCUT2D eigenvalue weighted by atomic mass is 19.4. The third-order valence-corrected chi connectivity index (χ3v) is 6.92. The maximum atomic E-state index is 14.9. The second-order valence-corrected chi connectivity index (χ2v) is 9.50. The molecule has 0 saturated heterocycles. The van der Waals surface area contributed by atoms with Crippen molar-refractivity contribution in [3.05, 3.63) is 107 Å². The number of esters is 1. The predicted octanol–water partition coefficient (Wildman–Crippen LogP) is 8.32. The molecule has 1 aromatic heterocycles. The summed E-state index contributed by atoms with van der Waals surface area (Å²) in [6, 6.07) is 21.6. The summed E-state index contributed by atoms with van der Waals surface area (Å²) < 4.78 is 67.3. The van der Waals surface area contributed by atoms with Crippen molar-refractivity contribution in [2.24, 2.45) is 0 Å². The Morgan fingerprint density at radius 2 is 1.63 bits per heavy atom. The van der Waals surface area contributed by atoms with Crippen LogP contribution in [-0.2, 0) is 10.9 Å². The molecule has 0 bridgehead atoms. The average Bonchev–Trinajstić information content (AvgIpc) is 3.41. The van der Waals surface area contributed by atoms with Gasteiger partial charge in [-0.15, -0.1) is 0 Å². The van der Waals surface area contributed by atoms with E-state index in [-0.39, 0.29) is 17.9 Å². The lowest BCUT2D eigenvalue weighted by Gasteiger charge is -2.17. The van der Waals surface area contributed by atoms with Gasteiger partial charge in [-0.1, -0.05) is 30.3 Å². The molecule has 41 heavy (non-hydrogen) atoms. The van der Waals surface area contributed by atoms with Crippen LogP contribution in [0.2, 0.25) is 0 Å². The first-order valence-corrected chi connectivity index (χ1v) is 12.9. The van der Waals surface area contributed by atoms with Crippen LogP contribution in [0.5, 0.6) is 5.75 Å². The molecular formula is C32H26F4N2O3. The van der Waals surface area contributed by atoms with Crippen LogP contribution in [0.4, 0.5) is 17.6 Å². The molecule has 5 aromatic rings. The summed E-state index contributed by atoms with van der Waals surface area (Å²) in [5, 5.41) is 6.46. The number of carbonyl (C=O) groups is 1. The highest BCUT2D eigenvalue weighted by molar-refractivity contribution is 5.90. The first-order valence-electron chi connectivity index (χ1n) is 12.9. The lowest BCUT2D eigenvalue weighted by Crippen LogP contribution is -2.11. The van der Waals surface area contributed by atoms with E-state index in [4.69, 9.17) is 9.47 Å². The van der Waals surface area contributed by atoms with Crippen LogP contribution in [0.1, 0.15) is 41.4 Å². The van der Waals surface area contributed by atoms with Crippen molar-refractivity contribution in [2.75, 3.05) is 13.7 Å². The number of hydrogen-bond donors (Lipinski definition) is 0. The topological polar surface area (TPSA) is 53.4 Å². The number of methoxy groups -OCH3 is 1. The van der Waals surface area contributed by atoms with E-state index < -0.39 is 29.6 Å². The van der Waals surface area contributed by atoms with Gasteiger partial charge < -0.3 is 9.47 Å². The Morgan fingerprint density at radius 1 is 0.927 bits per heavy atom. The maximum absolute atomic E-state index is 14.9. The smallest absolute Gasteiger partial charge is 0.416 e. The van der Waals surface area contributed by atoms with Gasteiger partial charge in [-0.2, -0.15) is 18.3 Å². The third kappa shape index (κ3) is 5.66.